The van der Waals surface area contributed by atoms with E-state index < -0.39 is 0 Å². The third kappa shape index (κ3) is 3.00. The van der Waals surface area contributed by atoms with Crippen molar-refractivity contribution >= 4 is 38.9 Å². The molecule has 0 saturated heterocycles. The molecule has 0 fully saturated rings. The van der Waals surface area contributed by atoms with Crippen LogP contribution in [0.1, 0.15) is 13.3 Å². The lowest BCUT2D eigenvalue weighted by atomic mass is 10.1. The zero-order valence-electron chi connectivity index (χ0n) is 10.0. The van der Waals surface area contributed by atoms with E-state index >= 15 is 0 Å². The maximum Gasteiger partial charge on any atom is 0.238 e. The third-order valence-corrected chi connectivity index (χ3v) is 4.58. The number of benzene rings is 1. The van der Waals surface area contributed by atoms with Crippen molar-refractivity contribution in [3.63, 3.8) is 0 Å². The smallest absolute Gasteiger partial charge is 0.238 e. The molecular formula is C14H14BrNOS. The minimum Gasteiger partial charge on any atom is -0.325 e. The molecule has 0 bridgehead atoms. The van der Waals surface area contributed by atoms with Gasteiger partial charge in [0.2, 0.25) is 5.91 Å². The molecule has 1 N–H and O–H groups in total. The van der Waals surface area contributed by atoms with Crippen molar-refractivity contribution in [2.45, 2.75) is 18.2 Å². The summed E-state index contributed by atoms with van der Waals surface area (Å²) in [4.78, 5) is 12.9. The quantitative estimate of drug-likeness (QED) is 0.823. The largest absolute Gasteiger partial charge is 0.325 e. The number of hydrogen-bond donors (Lipinski definition) is 1. The number of rotatable bonds is 4. The number of para-hydroxylation sites is 1. The number of amides is 1. The summed E-state index contributed by atoms with van der Waals surface area (Å²) in [6.07, 6.45) is 0.771. The zero-order valence-corrected chi connectivity index (χ0v) is 12.4. The lowest BCUT2D eigenvalue weighted by Crippen LogP contribution is -2.22. The van der Waals surface area contributed by atoms with Crippen LogP contribution in [0.2, 0.25) is 0 Å². The molecule has 0 spiro atoms. The summed E-state index contributed by atoms with van der Waals surface area (Å²) >= 11 is 5.03. The van der Waals surface area contributed by atoms with Crippen LogP contribution in [0.4, 0.5) is 5.69 Å². The average molecular weight is 324 g/mol. The molecule has 0 radical (unpaired) electrons. The number of thiophene rings is 1. The van der Waals surface area contributed by atoms with Crippen LogP contribution < -0.4 is 5.32 Å². The van der Waals surface area contributed by atoms with Gasteiger partial charge < -0.3 is 5.32 Å². The minimum atomic E-state index is -0.145. The molecule has 1 amide bonds. The van der Waals surface area contributed by atoms with Crippen molar-refractivity contribution in [1.29, 1.82) is 0 Å². The van der Waals surface area contributed by atoms with E-state index in [-0.39, 0.29) is 10.7 Å². The summed E-state index contributed by atoms with van der Waals surface area (Å²) in [6, 6.07) is 11.9. The molecule has 0 aliphatic carbocycles. The predicted octanol–water partition coefficient (Wildman–Crippen LogP) is 4.53. The van der Waals surface area contributed by atoms with Crippen LogP contribution in [0.25, 0.3) is 10.4 Å². The van der Waals surface area contributed by atoms with Crippen LogP contribution in [0, 0.1) is 0 Å². The summed E-state index contributed by atoms with van der Waals surface area (Å²) in [5.41, 5.74) is 1.93. The minimum absolute atomic E-state index is 0.00139. The number of alkyl halides is 1. The molecule has 2 rings (SSSR count). The van der Waals surface area contributed by atoms with Gasteiger partial charge in [0.1, 0.15) is 0 Å². The molecule has 1 aromatic carbocycles. The Morgan fingerprint density at radius 1 is 1.33 bits per heavy atom. The molecule has 1 unspecified atom stereocenters. The van der Waals surface area contributed by atoms with Gasteiger partial charge in [-0.05, 0) is 23.9 Å². The maximum atomic E-state index is 11.9. The summed E-state index contributed by atoms with van der Waals surface area (Å²) in [7, 11) is 0. The van der Waals surface area contributed by atoms with Crippen LogP contribution in [-0.4, -0.2) is 10.7 Å². The Balaban J connectivity index is 2.26. The Morgan fingerprint density at radius 3 is 2.78 bits per heavy atom. The fourth-order valence-corrected chi connectivity index (χ4v) is 2.52. The van der Waals surface area contributed by atoms with Crippen LogP contribution in [0.3, 0.4) is 0 Å². The van der Waals surface area contributed by atoms with E-state index in [1.807, 2.05) is 42.6 Å². The van der Waals surface area contributed by atoms with Crippen LogP contribution in [-0.2, 0) is 4.79 Å². The molecule has 4 heteroatoms. The first-order valence-corrected chi connectivity index (χ1v) is 7.59. The van der Waals surface area contributed by atoms with Gasteiger partial charge in [0.05, 0.1) is 4.83 Å². The van der Waals surface area contributed by atoms with Gasteiger partial charge in [-0.2, -0.15) is 0 Å². The first kappa shape index (κ1) is 13.3. The second-order valence-electron chi connectivity index (χ2n) is 3.89. The van der Waals surface area contributed by atoms with Crippen molar-refractivity contribution in [2.24, 2.45) is 0 Å². The lowest BCUT2D eigenvalue weighted by Gasteiger charge is -2.12. The van der Waals surface area contributed by atoms with Crippen molar-refractivity contribution in [3.05, 3.63) is 41.8 Å². The van der Waals surface area contributed by atoms with Crippen LogP contribution in [0.15, 0.2) is 41.8 Å². The number of carbonyl (C=O) groups is 1. The highest BCUT2D eigenvalue weighted by Crippen LogP contribution is 2.31. The highest BCUT2D eigenvalue weighted by Gasteiger charge is 2.14. The summed E-state index contributed by atoms with van der Waals surface area (Å²) in [6.45, 7) is 1.98. The van der Waals surface area contributed by atoms with E-state index in [0.717, 1.165) is 22.5 Å². The van der Waals surface area contributed by atoms with E-state index in [4.69, 9.17) is 0 Å². The third-order valence-electron chi connectivity index (χ3n) is 2.61. The van der Waals surface area contributed by atoms with Crippen molar-refractivity contribution in [2.75, 3.05) is 5.32 Å². The van der Waals surface area contributed by atoms with Crippen molar-refractivity contribution in [3.8, 4) is 10.4 Å². The SMILES string of the molecule is CCC(Br)C(=O)Nc1ccccc1-c1cccs1. The first-order chi connectivity index (χ1) is 8.72. The van der Waals surface area contributed by atoms with E-state index in [1.165, 1.54) is 0 Å². The van der Waals surface area contributed by atoms with E-state index in [9.17, 15) is 4.79 Å². The van der Waals surface area contributed by atoms with Gasteiger partial charge in [-0.3, -0.25) is 4.79 Å². The number of carbonyl (C=O) groups excluding carboxylic acids is 1. The summed E-state index contributed by atoms with van der Waals surface area (Å²) < 4.78 is 0. The van der Waals surface area contributed by atoms with Gasteiger partial charge in [-0.15, -0.1) is 11.3 Å². The predicted molar refractivity (Wildman–Crippen MR) is 81.4 cm³/mol. The molecule has 94 valence electrons. The molecule has 0 aliphatic heterocycles. The van der Waals surface area contributed by atoms with Gasteiger partial charge in [-0.1, -0.05) is 47.1 Å². The summed E-state index contributed by atoms with van der Waals surface area (Å²) in [5.74, 6) is 0.00139. The zero-order chi connectivity index (χ0) is 13.0. The highest BCUT2D eigenvalue weighted by atomic mass is 79.9. The maximum absolute atomic E-state index is 11.9. The molecular weight excluding hydrogens is 310 g/mol. The van der Waals surface area contributed by atoms with Gasteiger partial charge in [0.25, 0.3) is 0 Å². The fourth-order valence-electron chi connectivity index (χ4n) is 1.64. The van der Waals surface area contributed by atoms with E-state index in [2.05, 4.69) is 27.3 Å². The Morgan fingerprint density at radius 2 is 2.11 bits per heavy atom. The number of hydrogen-bond acceptors (Lipinski definition) is 2. The topological polar surface area (TPSA) is 29.1 Å². The fraction of sp³-hybridized carbons (Fsp3) is 0.214. The van der Waals surface area contributed by atoms with Crippen LogP contribution >= 0.6 is 27.3 Å². The molecule has 1 aromatic heterocycles. The second kappa shape index (κ2) is 6.16. The molecule has 2 aromatic rings. The Bertz CT molecular complexity index is 524. The van der Waals surface area contributed by atoms with Crippen molar-refractivity contribution < 1.29 is 4.79 Å². The van der Waals surface area contributed by atoms with Gasteiger partial charge in [0, 0.05) is 16.1 Å². The Labute approximate surface area is 119 Å². The number of nitrogens with one attached hydrogen (secondary N) is 1. The molecule has 1 atom stereocenters. The van der Waals surface area contributed by atoms with Crippen LogP contribution in [0.5, 0.6) is 0 Å². The Kier molecular flexibility index (Phi) is 4.55. The monoisotopic (exact) mass is 323 g/mol. The number of halogens is 1. The van der Waals surface area contributed by atoms with Gasteiger partial charge in [0.15, 0.2) is 0 Å². The van der Waals surface area contributed by atoms with E-state index in [1.54, 1.807) is 11.3 Å². The normalized spacial score (nSPS) is 12.1. The molecule has 0 saturated carbocycles. The van der Waals surface area contributed by atoms with Gasteiger partial charge >= 0.3 is 0 Å². The number of anilines is 1. The molecule has 18 heavy (non-hydrogen) atoms. The molecule has 1 heterocycles. The van der Waals surface area contributed by atoms with E-state index in [0.29, 0.717) is 0 Å². The first-order valence-electron chi connectivity index (χ1n) is 5.80. The van der Waals surface area contributed by atoms with Gasteiger partial charge in [-0.25, -0.2) is 0 Å². The van der Waals surface area contributed by atoms with Crippen molar-refractivity contribution in [1.82, 2.24) is 0 Å². The lowest BCUT2D eigenvalue weighted by molar-refractivity contribution is -0.115. The Hall–Kier alpha value is -1.13. The summed E-state index contributed by atoms with van der Waals surface area (Å²) in [5, 5.41) is 5.01. The molecule has 2 nitrogen and oxygen atoms in total. The second-order valence-corrected chi connectivity index (χ2v) is 5.94. The molecule has 0 aliphatic rings. The highest BCUT2D eigenvalue weighted by molar-refractivity contribution is 9.10. The standard InChI is InChI=1S/C14H14BrNOS/c1-2-11(15)14(17)16-12-7-4-3-6-10(12)13-8-5-9-18-13/h3-9,11H,2H2,1H3,(H,16,17). The average Bonchev–Trinajstić information content (AvgIpc) is 2.92.